The fourth-order valence-electron chi connectivity index (χ4n) is 1.71. The number of H-pyrrole nitrogens is 1. The number of anilines is 1. The highest BCUT2D eigenvalue weighted by atomic mass is 16.5. The molecule has 0 spiro atoms. The van der Waals surface area contributed by atoms with Gasteiger partial charge >= 0.3 is 0 Å². The Morgan fingerprint density at radius 3 is 2.67 bits per heavy atom. The molecule has 90 valence electrons. The number of carbonyl (C=O) groups is 1. The second kappa shape index (κ2) is 5.06. The van der Waals surface area contributed by atoms with Crippen molar-refractivity contribution in [3.8, 4) is 22.9 Å². The summed E-state index contributed by atoms with van der Waals surface area (Å²) in [5.41, 5.74) is 2.03. The van der Waals surface area contributed by atoms with E-state index in [1.807, 2.05) is 24.3 Å². The van der Waals surface area contributed by atoms with Crippen molar-refractivity contribution in [3.05, 3.63) is 36.0 Å². The maximum atomic E-state index is 10.4. The number of hydrogen-bond donors (Lipinski definition) is 2. The molecule has 0 fully saturated rings. The summed E-state index contributed by atoms with van der Waals surface area (Å²) >= 11 is 0. The number of aromatic amines is 1. The minimum atomic E-state index is 0.401. The number of ether oxygens (including phenoxy) is 1. The van der Waals surface area contributed by atoms with E-state index in [1.54, 1.807) is 13.3 Å². The summed E-state index contributed by atoms with van der Waals surface area (Å²) in [6.45, 7) is 0. The van der Waals surface area contributed by atoms with Crippen molar-refractivity contribution >= 4 is 12.2 Å². The summed E-state index contributed by atoms with van der Waals surface area (Å²) in [6.07, 6.45) is 2.22. The molecule has 2 N–H and O–H groups in total. The summed E-state index contributed by atoms with van der Waals surface area (Å²) in [7, 11) is 1.60. The SMILES string of the molecule is COc1ccc(-c2c[nH]c(NC=O)c2C#N)cc1. The Morgan fingerprint density at radius 1 is 1.39 bits per heavy atom. The average Bonchev–Trinajstić information content (AvgIpc) is 2.82. The molecule has 0 bridgehead atoms. The Morgan fingerprint density at radius 2 is 2.11 bits per heavy atom. The minimum absolute atomic E-state index is 0.401. The minimum Gasteiger partial charge on any atom is -0.497 e. The van der Waals surface area contributed by atoms with Gasteiger partial charge < -0.3 is 15.0 Å². The monoisotopic (exact) mass is 241 g/mol. The van der Waals surface area contributed by atoms with Crippen LogP contribution in [0.4, 0.5) is 5.82 Å². The Kier molecular flexibility index (Phi) is 3.30. The standard InChI is InChI=1S/C13H11N3O2/c1-18-10-4-2-9(3-5-10)12-7-15-13(16-8-17)11(12)6-14/h2-5,7-8,15H,1H3,(H,16,17). The van der Waals surface area contributed by atoms with Crippen molar-refractivity contribution in [2.45, 2.75) is 0 Å². The molecule has 0 unspecified atom stereocenters. The van der Waals surface area contributed by atoms with Crippen LogP contribution >= 0.6 is 0 Å². The number of rotatable bonds is 4. The van der Waals surface area contributed by atoms with Crippen molar-refractivity contribution < 1.29 is 9.53 Å². The van der Waals surface area contributed by atoms with Crippen LogP contribution in [0, 0.1) is 11.3 Å². The van der Waals surface area contributed by atoms with Crippen LogP contribution in [0.2, 0.25) is 0 Å². The van der Waals surface area contributed by atoms with Crippen molar-refractivity contribution in [1.29, 1.82) is 5.26 Å². The van der Waals surface area contributed by atoms with Gasteiger partial charge in [-0.2, -0.15) is 5.26 Å². The van der Waals surface area contributed by atoms with Crippen LogP contribution in [0.3, 0.4) is 0 Å². The molecule has 18 heavy (non-hydrogen) atoms. The molecule has 0 saturated heterocycles. The summed E-state index contributed by atoms with van der Waals surface area (Å²) in [6, 6.07) is 9.41. The lowest BCUT2D eigenvalue weighted by Gasteiger charge is -2.02. The first kappa shape index (κ1) is 11.7. The van der Waals surface area contributed by atoms with Gasteiger partial charge in [0.2, 0.25) is 6.41 Å². The Balaban J connectivity index is 2.43. The number of benzene rings is 1. The van der Waals surface area contributed by atoms with Crippen LogP contribution in [0.15, 0.2) is 30.5 Å². The van der Waals surface area contributed by atoms with Gasteiger partial charge in [-0.15, -0.1) is 0 Å². The lowest BCUT2D eigenvalue weighted by Crippen LogP contribution is -1.95. The molecule has 0 aliphatic carbocycles. The van der Waals surface area contributed by atoms with Crippen LogP contribution in [0.1, 0.15) is 5.56 Å². The highest BCUT2D eigenvalue weighted by Crippen LogP contribution is 2.29. The lowest BCUT2D eigenvalue weighted by atomic mass is 10.0. The van der Waals surface area contributed by atoms with Crippen molar-refractivity contribution in [3.63, 3.8) is 0 Å². The van der Waals surface area contributed by atoms with Gasteiger partial charge in [-0.25, -0.2) is 0 Å². The molecule has 1 heterocycles. The first-order valence-corrected chi connectivity index (χ1v) is 5.26. The van der Waals surface area contributed by atoms with Gasteiger partial charge in [0.1, 0.15) is 23.2 Å². The third-order valence-corrected chi connectivity index (χ3v) is 2.60. The largest absolute Gasteiger partial charge is 0.497 e. The Hall–Kier alpha value is -2.74. The third-order valence-electron chi connectivity index (χ3n) is 2.60. The topological polar surface area (TPSA) is 77.9 Å². The number of methoxy groups -OCH3 is 1. The number of aromatic nitrogens is 1. The van der Waals surface area contributed by atoms with Crippen LogP contribution in [-0.2, 0) is 4.79 Å². The van der Waals surface area contributed by atoms with E-state index >= 15 is 0 Å². The van der Waals surface area contributed by atoms with Crippen LogP contribution < -0.4 is 10.1 Å². The molecule has 0 aliphatic heterocycles. The van der Waals surface area contributed by atoms with E-state index < -0.39 is 0 Å². The van der Waals surface area contributed by atoms with E-state index in [0.717, 1.165) is 16.9 Å². The van der Waals surface area contributed by atoms with Gasteiger partial charge in [0.05, 0.1) is 7.11 Å². The number of nitrogens with zero attached hydrogens (tertiary/aromatic N) is 1. The molecule has 0 atom stereocenters. The molecule has 2 rings (SSSR count). The molecular weight excluding hydrogens is 230 g/mol. The first-order chi connectivity index (χ1) is 8.80. The number of amides is 1. The molecule has 5 heteroatoms. The smallest absolute Gasteiger partial charge is 0.212 e. The zero-order valence-corrected chi connectivity index (χ0v) is 9.73. The maximum Gasteiger partial charge on any atom is 0.212 e. The Bertz CT molecular complexity index is 594. The van der Waals surface area contributed by atoms with Gasteiger partial charge in [-0.05, 0) is 17.7 Å². The highest BCUT2D eigenvalue weighted by Gasteiger charge is 2.12. The van der Waals surface area contributed by atoms with Crippen molar-refractivity contribution in [2.75, 3.05) is 12.4 Å². The zero-order valence-electron chi connectivity index (χ0n) is 9.73. The van der Waals surface area contributed by atoms with E-state index in [-0.39, 0.29) is 0 Å². The van der Waals surface area contributed by atoms with E-state index in [0.29, 0.717) is 17.8 Å². The fraction of sp³-hybridized carbons (Fsp3) is 0.0769. The summed E-state index contributed by atoms with van der Waals surface area (Å²) in [5.74, 6) is 1.15. The predicted octanol–water partition coefficient (Wildman–Crippen LogP) is 2.13. The number of carbonyl (C=O) groups excluding carboxylic acids is 1. The van der Waals surface area contributed by atoms with Crippen LogP contribution in [-0.4, -0.2) is 18.5 Å². The van der Waals surface area contributed by atoms with Crippen molar-refractivity contribution in [1.82, 2.24) is 4.98 Å². The number of hydrogen-bond acceptors (Lipinski definition) is 3. The van der Waals surface area contributed by atoms with E-state index in [9.17, 15) is 4.79 Å². The second-order valence-corrected chi connectivity index (χ2v) is 3.55. The van der Waals surface area contributed by atoms with E-state index in [4.69, 9.17) is 10.00 Å². The van der Waals surface area contributed by atoms with Gasteiger partial charge in [0.15, 0.2) is 0 Å². The van der Waals surface area contributed by atoms with Gasteiger partial charge in [-0.1, -0.05) is 12.1 Å². The van der Waals surface area contributed by atoms with Gasteiger partial charge in [-0.3, -0.25) is 4.79 Å². The molecule has 0 aliphatic rings. The van der Waals surface area contributed by atoms with E-state index in [2.05, 4.69) is 16.4 Å². The summed E-state index contributed by atoms with van der Waals surface area (Å²) in [5, 5.41) is 11.6. The van der Waals surface area contributed by atoms with Crippen molar-refractivity contribution in [2.24, 2.45) is 0 Å². The molecule has 2 aromatic rings. The number of nitrogens with one attached hydrogen (secondary N) is 2. The van der Waals surface area contributed by atoms with Gasteiger partial charge in [0, 0.05) is 11.8 Å². The fourth-order valence-corrected chi connectivity index (χ4v) is 1.71. The molecule has 1 amide bonds. The highest BCUT2D eigenvalue weighted by molar-refractivity contribution is 5.82. The quantitative estimate of drug-likeness (QED) is 0.805. The van der Waals surface area contributed by atoms with Gasteiger partial charge in [0.25, 0.3) is 0 Å². The molecule has 5 nitrogen and oxygen atoms in total. The van der Waals surface area contributed by atoms with Crippen LogP contribution in [0.25, 0.3) is 11.1 Å². The maximum absolute atomic E-state index is 10.4. The van der Waals surface area contributed by atoms with E-state index in [1.165, 1.54) is 0 Å². The summed E-state index contributed by atoms with van der Waals surface area (Å²) < 4.78 is 5.07. The molecule has 1 aromatic carbocycles. The first-order valence-electron chi connectivity index (χ1n) is 5.26. The normalized spacial score (nSPS) is 9.56. The molecular formula is C13H11N3O2. The lowest BCUT2D eigenvalue weighted by molar-refractivity contribution is -0.105. The Labute approximate surface area is 104 Å². The third kappa shape index (κ3) is 2.04. The molecule has 0 saturated carbocycles. The molecule has 1 aromatic heterocycles. The average molecular weight is 241 g/mol. The second-order valence-electron chi connectivity index (χ2n) is 3.55. The predicted molar refractivity (Wildman–Crippen MR) is 67.2 cm³/mol. The van der Waals surface area contributed by atoms with Crippen LogP contribution in [0.5, 0.6) is 5.75 Å². The zero-order chi connectivity index (χ0) is 13.0. The number of nitriles is 1. The summed E-state index contributed by atoms with van der Waals surface area (Å²) in [4.78, 5) is 13.3. The molecule has 0 radical (unpaired) electrons.